The zero-order valence-corrected chi connectivity index (χ0v) is 14.7. The number of nitrogens with one attached hydrogen (secondary N) is 2. The van der Waals surface area contributed by atoms with E-state index >= 15 is 0 Å². The molecule has 2 N–H and O–H groups in total. The first-order valence-electron chi connectivity index (χ1n) is 9.10. The van der Waals surface area contributed by atoms with Crippen molar-refractivity contribution in [3.05, 3.63) is 60.3 Å². The number of hydrogen-bond acceptors (Lipinski definition) is 4. The van der Waals surface area contributed by atoms with E-state index in [0.717, 1.165) is 32.5 Å². The number of H-pyrrole nitrogens is 1. The van der Waals surface area contributed by atoms with Gasteiger partial charge in [-0.05, 0) is 42.8 Å². The molecule has 0 unspecified atom stereocenters. The van der Waals surface area contributed by atoms with Crippen LogP contribution in [-0.4, -0.2) is 45.4 Å². The third kappa shape index (κ3) is 3.91. The van der Waals surface area contributed by atoms with Crippen LogP contribution in [0.25, 0.3) is 10.9 Å². The number of para-hydroxylation sites is 1. The molecule has 0 aliphatic carbocycles. The minimum absolute atomic E-state index is 0.0988. The highest BCUT2D eigenvalue weighted by Crippen LogP contribution is 2.20. The Morgan fingerprint density at radius 3 is 2.96 bits per heavy atom. The molecule has 1 aliphatic rings. The van der Waals surface area contributed by atoms with Crippen LogP contribution in [0.3, 0.4) is 0 Å². The van der Waals surface area contributed by atoms with E-state index in [-0.39, 0.29) is 5.91 Å². The number of rotatable bonds is 5. The van der Waals surface area contributed by atoms with Crippen molar-refractivity contribution in [2.45, 2.75) is 19.4 Å². The Balaban J connectivity index is 1.31. The molecule has 4 rings (SSSR count). The third-order valence-corrected chi connectivity index (χ3v) is 4.96. The Morgan fingerprint density at radius 2 is 2.12 bits per heavy atom. The maximum atomic E-state index is 12.1. The predicted molar refractivity (Wildman–Crippen MR) is 101 cm³/mol. The van der Waals surface area contributed by atoms with Gasteiger partial charge in [0.25, 0.3) is 5.91 Å². The number of carbonyl (C=O) groups excluding carboxylic acids is 1. The normalized spacial score (nSPS) is 18.1. The lowest BCUT2D eigenvalue weighted by Gasteiger charge is -2.32. The summed E-state index contributed by atoms with van der Waals surface area (Å²) in [5, 5.41) is 4.28. The van der Waals surface area contributed by atoms with Gasteiger partial charge in [-0.2, -0.15) is 0 Å². The van der Waals surface area contributed by atoms with Gasteiger partial charge in [0.15, 0.2) is 0 Å². The van der Waals surface area contributed by atoms with E-state index in [9.17, 15) is 4.79 Å². The lowest BCUT2D eigenvalue weighted by Crippen LogP contribution is -2.40. The fourth-order valence-electron chi connectivity index (χ4n) is 3.68. The molecule has 3 aromatic rings. The number of nitrogens with zero attached hydrogens (tertiary/aromatic N) is 3. The first-order chi connectivity index (χ1) is 12.8. The summed E-state index contributed by atoms with van der Waals surface area (Å²) >= 11 is 0. The van der Waals surface area contributed by atoms with Crippen LogP contribution in [-0.2, 0) is 6.54 Å². The summed E-state index contributed by atoms with van der Waals surface area (Å²) < 4.78 is 0. The quantitative estimate of drug-likeness (QED) is 0.742. The summed E-state index contributed by atoms with van der Waals surface area (Å²) in [6, 6.07) is 10.6. The van der Waals surface area contributed by atoms with E-state index in [4.69, 9.17) is 0 Å². The van der Waals surface area contributed by atoms with Gasteiger partial charge in [-0.25, -0.2) is 9.97 Å². The van der Waals surface area contributed by atoms with Crippen molar-refractivity contribution in [3.8, 4) is 0 Å². The Kier molecular flexibility index (Phi) is 4.93. The van der Waals surface area contributed by atoms with Crippen molar-refractivity contribution in [2.24, 2.45) is 5.92 Å². The molecule has 6 heteroatoms. The number of aromatic amines is 1. The molecule has 0 spiro atoms. The molecule has 0 bridgehead atoms. The summed E-state index contributed by atoms with van der Waals surface area (Å²) in [4.78, 5) is 25.9. The molecule has 1 amide bonds. The van der Waals surface area contributed by atoms with Crippen LogP contribution in [0, 0.1) is 5.92 Å². The van der Waals surface area contributed by atoms with E-state index in [1.54, 1.807) is 12.4 Å². The van der Waals surface area contributed by atoms with Gasteiger partial charge in [0.2, 0.25) is 0 Å². The van der Waals surface area contributed by atoms with Crippen molar-refractivity contribution in [3.63, 3.8) is 0 Å². The Labute approximate surface area is 152 Å². The number of carbonyl (C=O) groups is 1. The number of amides is 1. The number of benzene rings is 1. The fraction of sp³-hybridized carbons (Fsp3) is 0.350. The van der Waals surface area contributed by atoms with Crippen molar-refractivity contribution >= 4 is 16.8 Å². The van der Waals surface area contributed by atoms with E-state index in [1.165, 1.54) is 22.9 Å². The van der Waals surface area contributed by atoms with Crippen molar-refractivity contribution in [1.29, 1.82) is 0 Å². The van der Waals surface area contributed by atoms with Gasteiger partial charge in [-0.1, -0.05) is 18.2 Å². The zero-order valence-electron chi connectivity index (χ0n) is 14.7. The summed E-state index contributed by atoms with van der Waals surface area (Å²) in [5.41, 5.74) is 2.95. The van der Waals surface area contributed by atoms with Crippen LogP contribution < -0.4 is 5.32 Å². The number of hydrogen-bond donors (Lipinski definition) is 2. The number of piperidine rings is 1. The molecule has 0 radical (unpaired) electrons. The van der Waals surface area contributed by atoms with Gasteiger partial charge in [-0.15, -0.1) is 0 Å². The molecule has 0 saturated carbocycles. The maximum Gasteiger partial charge on any atom is 0.254 e. The molecule has 2 aromatic heterocycles. The SMILES string of the molecule is O=C(NC[C@@H]1CCCN(Cc2cc3ccccc3[nH]2)C1)c1cncnc1. The Morgan fingerprint density at radius 1 is 1.27 bits per heavy atom. The Bertz CT molecular complexity index is 843. The van der Waals surface area contributed by atoms with Crippen molar-refractivity contribution in [2.75, 3.05) is 19.6 Å². The molecule has 26 heavy (non-hydrogen) atoms. The molecule has 1 aromatic carbocycles. The van der Waals surface area contributed by atoms with E-state index in [0.29, 0.717) is 18.0 Å². The minimum Gasteiger partial charge on any atom is -0.357 e. The third-order valence-electron chi connectivity index (χ3n) is 4.96. The van der Waals surface area contributed by atoms with Gasteiger partial charge >= 0.3 is 0 Å². The largest absolute Gasteiger partial charge is 0.357 e. The average Bonchev–Trinajstić information content (AvgIpc) is 3.09. The van der Waals surface area contributed by atoms with Crippen LogP contribution in [0.4, 0.5) is 0 Å². The smallest absolute Gasteiger partial charge is 0.254 e. The molecular weight excluding hydrogens is 326 g/mol. The van der Waals surface area contributed by atoms with Gasteiger partial charge in [0.1, 0.15) is 6.33 Å². The highest BCUT2D eigenvalue weighted by Gasteiger charge is 2.21. The first-order valence-corrected chi connectivity index (χ1v) is 9.10. The van der Waals surface area contributed by atoms with Gasteiger partial charge < -0.3 is 10.3 Å². The molecule has 134 valence electrons. The van der Waals surface area contributed by atoms with E-state index in [2.05, 4.69) is 55.5 Å². The second kappa shape index (κ2) is 7.66. The summed E-state index contributed by atoms with van der Waals surface area (Å²) in [5.74, 6) is 0.375. The standard InChI is InChI=1S/C20H23N5O/c26-20(17-10-21-14-22-11-17)23-9-15-4-3-7-25(12-15)13-18-8-16-5-1-2-6-19(16)24-18/h1-2,5-6,8,10-11,14-15,24H,3-4,7,9,12-13H2,(H,23,26)/t15-/m0/s1. The molecule has 3 heterocycles. The predicted octanol–water partition coefficient (Wildman–Crippen LogP) is 2.60. The highest BCUT2D eigenvalue weighted by molar-refractivity contribution is 5.93. The zero-order chi connectivity index (χ0) is 17.8. The molecule has 1 saturated heterocycles. The van der Waals surface area contributed by atoms with Gasteiger partial charge in [-0.3, -0.25) is 9.69 Å². The number of likely N-dealkylation sites (tertiary alicyclic amines) is 1. The average molecular weight is 349 g/mol. The first kappa shape index (κ1) is 16.7. The van der Waals surface area contributed by atoms with Crippen LogP contribution in [0.1, 0.15) is 28.9 Å². The minimum atomic E-state index is -0.0988. The number of aromatic nitrogens is 3. The van der Waals surface area contributed by atoms with Crippen molar-refractivity contribution in [1.82, 2.24) is 25.2 Å². The van der Waals surface area contributed by atoms with Gasteiger partial charge in [0, 0.05) is 43.2 Å². The van der Waals surface area contributed by atoms with E-state index < -0.39 is 0 Å². The number of fused-ring (bicyclic) bond motifs is 1. The van der Waals surface area contributed by atoms with Crippen LogP contribution >= 0.6 is 0 Å². The second-order valence-electron chi connectivity index (χ2n) is 6.96. The van der Waals surface area contributed by atoms with Crippen molar-refractivity contribution < 1.29 is 4.79 Å². The summed E-state index contributed by atoms with van der Waals surface area (Å²) in [6.45, 7) is 3.72. The van der Waals surface area contributed by atoms with Crippen LogP contribution in [0.15, 0.2) is 49.1 Å². The summed E-state index contributed by atoms with van der Waals surface area (Å²) in [7, 11) is 0. The fourth-order valence-corrected chi connectivity index (χ4v) is 3.68. The molecule has 1 atom stereocenters. The molecule has 6 nitrogen and oxygen atoms in total. The Hall–Kier alpha value is -2.73. The van der Waals surface area contributed by atoms with E-state index in [1.807, 2.05) is 0 Å². The lowest BCUT2D eigenvalue weighted by atomic mass is 9.97. The summed E-state index contributed by atoms with van der Waals surface area (Å²) in [6.07, 6.45) is 6.83. The molecule has 1 fully saturated rings. The van der Waals surface area contributed by atoms with Crippen LogP contribution in [0.2, 0.25) is 0 Å². The molecule has 1 aliphatic heterocycles. The second-order valence-corrected chi connectivity index (χ2v) is 6.96. The van der Waals surface area contributed by atoms with Gasteiger partial charge in [0.05, 0.1) is 5.56 Å². The topological polar surface area (TPSA) is 73.9 Å². The highest BCUT2D eigenvalue weighted by atomic mass is 16.1. The maximum absolute atomic E-state index is 12.1. The lowest BCUT2D eigenvalue weighted by molar-refractivity contribution is 0.0929. The van der Waals surface area contributed by atoms with Crippen LogP contribution in [0.5, 0.6) is 0 Å². The molecular formula is C20H23N5O. The monoisotopic (exact) mass is 349 g/mol.